The van der Waals surface area contributed by atoms with Gasteiger partial charge in [-0.05, 0) is 37.4 Å². The van der Waals surface area contributed by atoms with Gasteiger partial charge in [0.05, 0.1) is 6.54 Å². The van der Waals surface area contributed by atoms with Gasteiger partial charge in [0.2, 0.25) is 0 Å². The molecule has 1 aromatic rings. The van der Waals surface area contributed by atoms with Gasteiger partial charge in [-0.1, -0.05) is 30.3 Å². The minimum Gasteiger partial charge on any atom is -0.317 e. The summed E-state index contributed by atoms with van der Waals surface area (Å²) in [4.78, 5) is 1.90. The molecule has 0 spiro atoms. The standard InChI is InChI=1S/C15H22F2N2/c16-15(17)12-19(10-13-4-2-1-3-5-13)11-14-6-8-18-9-7-14/h1-5,14-15,18H,6-12H2. The first-order valence-corrected chi connectivity index (χ1v) is 6.99. The first-order chi connectivity index (χ1) is 9.24. The molecule has 1 heterocycles. The predicted octanol–water partition coefficient (Wildman–Crippen LogP) is 2.75. The number of nitrogens with zero attached hydrogens (tertiary/aromatic N) is 1. The molecule has 0 aliphatic carbocycles. The second kappa shape index (κ2) is 7.56. The van der Waals surface area contributed by atoms with Crippen molar-refractivity contribution in [2.24, 2.45) is 5.92 Å². The van der Waals surface area contributed by atoms with E-state index in [1.165, 1.54) is 0 Å². The number of alkyl halides is 2. The van der Waals surface area contributed by atoms with Crippen LogP contribution in [-0.4, -0.2) is 37.5 Å². The molecule has 1 aromatic carbocycles. The van der Waals surface area contributed by atoms with Gasteiger partial charge in [0.25, 0.3) is 6.43 Å². The molecule has 1 saturated heterocycles. The number of benzene rings is 1. The van der Waals surface area contributed by atoms with Gasteiger partial charge >= 0.3 is 0 Å². The molecule has 1 fully saturated rings. The van der Waals surface area contributed by atoms with Crippen LogP contribution in [0.25, 0.3) is 0 Å². The van der Waals surface area contributed by atoms with E-state index in [-0.39, 0.29) is 6.54 Å². The van der Waals surface area contributed by atoms with Crippen molar-refractivity contribution in [3.8, 4) is 0 Å². The minimum absolute atomic E-state index is 0.126. The topological polar surface area (TPSA) is 15.3 Å². The molecule has 4 heteroatoms. The number of hydrogen-bond donors (Lipinski definition) is 1. The van der Waals surface area contributed by atoms with Crippen LogP contribution in [0.15, 0.2) is 30.3 Å². The van der Waals surface area contributed by atoms with Crippen LogP contribution >= 0.6 is 0 Å². The molecule has 2 nitrogen and oxygen atoms in total. The van der Waals surface area contributed by atoms with E-state index in [4.69, 9.17) is 0 Å². The van der Waals surface area contributed by atoms with Crippen molar-refractivity contribution in [2.75, 3.05) is 26.2 Å². The average Bonchev–Trinajstić information content (AvgIpc) is 2.40. The number of hydrogen-bond acceptors (Lipinski definition) is 2. The molecule has 1 aliphatic rings. The molecule has 0 unspecified atom stereocenters. The fraction of sp³-hybridized carbons (Fsp3) is 0.600. The monoisotopic (exact) mass is 268 g/mol. The maximum Gasteiger partial charge on any atom is 0.251 e. The molecule has 2 rings (SSSR count). The van der Waals surface area contributed by atoms with E-state index in [9.17, 15) is 8.78 Å². The van der Waals surface area contributed by atoms with Crippen LogP contribution in [-0.2, 0) is 6.54 Å². The molecule has 0 bridgehead atoms. The Kier molecular flexibility index (Phi) is 5.73. The van der Waals surface area contributed by atoms with Gasteiger partial charge in [-0.25, -0.2) is 8.78 Å². The third-order valence-electron chi connectivity index (χ3n) is 3.62. The molecule has 19 heavy (non-hydrogen) atoms. The summed E-state index contributed by atoms with van der Waals surface area (Å²) in [6, 6.07) is 9.87. The maximum absolute atomic E-state index is 12.7. The van der Waals surface area contributed by atoms with E-state index < -0.39 is 6.43 Å². The molecule has 0 aromatic heterocycles. The van der Waals surface area contributed by atoms with E-state index in [0.717, 1.165) is 38.0 Å². The predicted molar refractivity (Wildman–Crippen MR) is 73.3 cm³/mol. The van der Waals surface area contributed by atoms with Crippen LogP contribution in [0.5, 0.6) is 0 Å². The largest absolute Gasteiger partial charge is 0.317 e. The Morgan fingerprint density at radius 2 is 1.84 bits per heavy atom. The van der Waals surface area contributed by atoms with Crippen molar-refractivity contribution >= 4 is 0 Å². The first kappa shape index (κ1) is 14.4. The second-order valence-corrected chi connectivity index (χ2v) is 5.26. The summed E-state index contributed by atoms with van der Waals surface area (Å²) in [5.41, 5.74) is 1.11. The lowest BCUT2D eigenvalue weighted by Gasteiger charge is -2.30. The van der Waals surface area contributed by atoms with Crippen LogP contribution in [0, 0.1) is 5.92 Å². The Labute approximate surface area is 113 Å². The molecule has 1 aliphatic heterocycles. The SMILES string of the molecule is FC(F)CN(Cc1ccccc1)CC1CCNCC1. The fourth-order valence-electron chi connectivity index (χ4n) is 2.67. The Hall–Kier alpha value is -1.00. The van der Waals surface area contributed by atoms with Crippen LogP contribution in [0.2, 0.25) is 0 Å². The zero-order valence-electron chi connectivity index (χ0n) is 11.2. The summed E-state index contributed by atoms with van der Waals surface area (Å²) in [6.45, 7) is 3.30. The van der Waals surface area contributed by atoms with Gasteiger partial charge in [-0.3, -0.25) is 4.90 Å². The Morgan fingerprint density at radius 3 is 2.47 bits per heavy atom. The number of halogens is 2. The highest BCUT2D eigenvalue weighted by atomic mass is 19.3. The van der Waals surface area contributed by atoms with Crippen molar-refractivity contribution in [1.29, 1.82) is 0 Å². The molecule has 0 atom stereocenters. The van der Waals surface area contributed by atoms with Crippen LogP contribution in [0.4, 0.5) is 8.78 Å². The zero-order chi connectivity index (χ0) is 13.5. The molecular formula is C15H22F2N2. The maximum atomic E-state index is 12.7. The third kappa shape index (κ3) is 5.25. The molecule has 106 valence electrons. The van der Waals surface area contributed by atoms with Gasteiger partial charge in [0.1, 0.15) is 0 Å². The van der Waals surface area contributed by atoms with Gasteiger partial charge in [0, 0.05) is 13.1 Å². The van der Waals surface area contributed by atoms with Crippen LogP contribution in [0.1, 0.15) is 18.4 Å². The average molecular weight is 268 g/mol. The lowest BCUT2D eigenvalue weighted by atomic mass is 9.97. The summed E-state index contributed by atoms with van der Waals surface area (Å²) < 4.78 is 25.4. The van der Waals surface area contributed by atoms with Gasteiger partial charge in [-0.15, -0.1) is 0 Å². The van der Waals surface area contributed by atoms with Crippen LogP contribution in [0.3, 0.4) is 0 Å². The number of rotatable bonds is 6. The van der Waals surface area contributed by atoms with E-state index in [1.54, 1.807) is 0 Å². The highest BCUT2D eigenvalue weighted by Crippen LogP contribution is 2.16. The van der Waals surface area contributed by atoms with E-state index in [1.807, 2.05) is 35.2 Å². The number of piperidine rings is 1. The van der Waals surface area contributed by atoms with Crippen molar-refractivity contribution in [1.82, 2.24) is 10.2 Å². The summed E-state index contributed by atoms with van der Waals surface area (Å²) >= 11 is 0. The van der Waals surface area contributed by atoms with Crippen molar-refractivity contribution in [3.63, 3.8) is 0 Å². The Morgan fingerprint density at radius 1 is 1.16 bits per heavy atom. The van der Waals surface area contributed by atoms with E-state index in [2.05, 4.69) is 5.32 Å². The molecule has 0 amide bonds. The van der Waals surface area contributed by atoms with Crippen molar-refractivity contribution in [3.05, 3.63) is 35.9 Å². The minimum atomic E-state index is -2.26. The molecule has 0 saturated carbocycles. The highest BCUT2D eigenvalue weighted by Gasteiger charge is 2.19. The van der Waals surface area contributed by atoms with Crippen LogP contribution < -0.4 is 5.32 Å². The zero-order valence-corrected chi connectivity index (χ0v) is 11.2. The first-order valence-electron chi connectivity index (χ1n) is 6.99. The normalized spacial score (nSPS) is 17.3. The quantitative estimate of drug-likeness (QED) is 0.853. The highest BCUT2D eigenvalue weighted by molar-refractivity contribution is 5.14. The lowest BCUT2D eigenvalue weighted by Crippen LogP contribution is -2.37. The third-order valence-corrected chi connectivity index (χ3v) is 3.62. The van der Waals surface area contributed by atoms with Gasteiger partial charge in [0.15, 0.2) is 0 Å². The lowest BCUT2D eigenvalue weighted by molar-refractivity contribution is 0.0727. The summed E-state index contributed by atoms with van der Waals surface area (Å²) in [5.74, 6) is 0.545. The summed E-state index contributed by atoms with van der Waals surface area (Å²) in [7, 11) is 0. The van der Waals surface area contributed by atoms with Crippen molar-refractivity contribution in [2.45, 2.75) is 25.8 Å². The van der Waals surface area contributed by atoms with E-state index in [0.29, 0.717) is 12.5 Å². The van der Waals surface area contributed by atoms with E-state index >= 15 is 0 Å². The molecular weight excluding hydrogens is 246 g/mol. The molecule has 0 radical (unpaired) electrons. The Bertz CT molecular complexity index is 350. The number of nitrogens with one attached hydrogen (secondary N) is 1. The van der Waals surface area contributed by atoms with Gasteiger partial charge < -0.3 is 5.32 Å². The Balaban J connectivity index is 1.91. The summed E-state index contributed by atoms with van der Waals surface area (Å²) in [5, 5.41) is 3.31. The second-order valence-electron chi connectivity index (χ2n) is 5.26. The smallest absolute Gasteiger partial charge is 0.251 e. The van der Waals surface area contributed by atoms with Gasteiger partial charge in [-0.2, -0.15) is 0 Å². The molecule has 1 N–H and O–H groups in total. The van der Waals surface area contributed by atoms with Crippen molar-refractivity contribution < 1.29 is 8.78 Å². The fourth-order valence-corrected chi connectivity index (χ4v) is 2.67. The summed E-state index contributed by atoms with van der Waals surface area (Å²) in [6.07, 6.45) is -0.0753.